The van der Waals surface area contributed by atoms with Crippen LogP contribution < -0.4 is 15.5 Å². The van der Waals surface area contributed by atoms with Crippen LogP contribution >= 0.6 is 23.2 Å². The second-order valence-corrected chi connectivity index (χ2v) is 6.24. The molecule has 0 bridgehead atoms. The topological polar surface area (TPSA) is 79.8 Å². The van der Waals surface area contributed by atoms with Crippen LogP contribution in [0.3, 0.4) is 0 Å². The molecule has 0 spiro atoms. The molecule has 0 aliphatic carbocycles. The summed E-state index contributed by atoms with van der Waals surface area (Å²) < 4.78 is 18.2. The Hall–Kier alpha value is -2.64. The summed E-state index contributed by atoms with van der Waals surface area (Å²) in [7, 11) is 0. The van der Waals surface area contributed by atoms with E-state index in [4.69, 9.17) is 27.9 Å². The van der Waals surface area contributed by atoms with Gasteiger partial charge in [-0.05, 0) is 42.8 Å². The van der Waals surface area contributed by atoms with Crippen molar-refractivity contribution in [2.24, 2.45) is 5.10 Å². The third-order valence-corrected chi connectivity index (χ3v) is 3.79. The standard InChI is InChI=1S/C18H16Cl2FN3O3/c1-11(27-16-7-4-13(19)8-15(16)20)18(26)22-10-17(25)24-23-9-12-2-5-14(21)6-3-12/h2-9,11H,10H2,1H3,(H,22,26)(H,24,25)/b23-9+. The second-order valence-electron chi connectivity index (χ2n) is 5.40. The van der Waals surface area contributed by atoms with Crippen molar-refractivity contribution >= 4 is 41.2 Å². The molecule has 0 saturated heterocycles. The van der Waals surface area contributed by atoms with Crippen LogP contribution in [-0.4, -0.2) is 30.7 Å². The van der Waals surface area contributed by atoms with Gasteiger partial charge in [0.2, 0.25) is 0 Å². The highest BCUT2D eigenvalue weighted by Crippen LogP contribution is 2.28. The number of rotatable bonds is 7. The average molecular weight is 412 g/mol. The molecule has 0 saturated carbocycles. The molecule has 0 aromatic heterocycles. The molecule has 0 aliphatic heterocycles. The SMILES string of the molecule is CC(Oc1ccc(Cl)cc1Cl)C(=O)NCC(=O)N/N=C/c1ccc(F)cc1. The summed E-state index contributed by atoms with van der Waals surface area (Å²) in [6, 6.07) is 10.2. The Kier molecular flexibility index (Phi) is 7.57. The minimum atomic E-state index is -0.876. The monoisotopic (exact) mass is 411 g/mol. The summed E-state index contributed by atoms with van der Waals surface area (Å²) in [5.41, 5.74) is 2.86. The molecule has 2 rings (SSSR count). The number of nitrogens with one attached hydrogen (secondary N) is 2. The summed E-state index contributed by atoms with van der Waals surface area (Å²) in [6.07, 6.45) is 0.479. The third-order valence-electron chi connectivity index (χ3n) is 3.26. The molecule has 0 aliphatic rings. The first-order valence-electron chi connectivity index (χ1n) is 7.82. The molecule has 1 atom stereocenters. The van der Waals surface area contributed by atoms with Crippen LogP contribution in [0.15, 0.2) is 47.6 Å². The number of ether oxygens (including phenoxy) is 1. The van der Waals surface area contributed by atoms with E-state index < -0.39 is 17.9 Å². The normalized spacial score (nSPS) is 11.9. The van der Waals surface area contributed by atoms with E-state index >= 15 is 0 Å². The maximum atomic E-state index is 12.8. The van der Waals surface area contributed by atoms with E-state index in [2.05, 4.69) is 15.8 Å². The largest absolute Gasteiger partial charge is 0.479 e. The zero-order valence-corrected chi connectivity index (χ0v) is 15.7. The van der Waals surface area contributed by atoms with Crippen LogP contribution in [0.4, 0.5) is 4.39 Å². The van der Waals surface area contributed by atoms with E-state index in [1.807, 2.05) is 0 Å². The average Bonchev–Trinajstić information content (AvgIpc) is 2.63. The number of hydrazone groups is 1. The molecule has 0 heterocycles. The summed E-state index contributed by atoms with van der Waals surface area (Å²) in [6.45, 7) is 1.23. The van der Waals surface area contributed by atoms with E-state index in [1.165, 1.54) is 43.5 Å². The van der Waals surface area contributed by atoms with Gasteiger partial charge in [-0.2, -0.15) is 5.10 Å². The van der Waals surface area contributed by atoms with Gasteiger partial charge < -0.3 is 10.1 Å². The van der Waals surface area contributed by atoms with Gasteiger partial charge in [0.05, 0.1) is 17.8 Å². The molecular weight excluding hydrogens is 396 g/mol. The minimum absolute atomic E-state index is 0.273. The summed E-state index contributed by atoms with van der Waals surface area (Å²) >= 11 is 11.8. The fourth-order valence-corrected chi connectivity index (χ4v) is 2.35. The molecule has 142 valence electrons. The Morgan fingerprint density at radius 3 is 2.59 bits per heavy atom. The van der Waals surface area contributed by atoms with Crippen molar-refractivity contribution in [2.45, 2.75) is 13.0 Å². The maximum Gasteiger partial charge on any atom is 0.261 e. The highest BCUT2D eigenvalue weighted by Gasteiger charge is 2.17. The highest BCUT2D eigenvalue weighted by atomic mass is 35.5. The van der Waals surface area contributed by atoms with Crippen molar-refractivity contribution < 1.29 is 18.7 Å². The van der Waals surface area contributed by atoms with Gasteiger partial charge in [-0.3, -0.25) is 9.59 Å². The first-order chi connectivity index (χ1) is 12.8. The Bertz CT molecular complexity index is 844. The molecule has 6 nitrogen and oxygen atoms in total. The lowest BCUT2D eigenvalue weighted by atomic mass is 10.2. The molecular formula is C18H16Cl2FN3O3. The van der Waals surface area contributed by atoms with Crippen LogP contribution in [0, 0.1) is 5.82 Å². The summed E-state index contributed by atoms with van der Waals surface area (Å²) in [4.78, 5) is 23.7. The first-order valence-corrected chi connectivity index (χ1v) is 8.57. The summed E-state index contributed by atoms with van der Waals surface area (Å²) in [5.74, 6) is -1.09. The molecule has 2 aromatic rings. The van der Waals surface area contributed by atoms with Gasteiger partial charge in [-0.15, -0.1) is 0 Å². The molecule has 1 unspecified atom stereocenters. The van der Waals surface area contributed by atoms with Crippen LogP contribution in [0.25, 0.3) is 0 Å². The van der Waals surface area contributed by atoms with Gasteiger partial charge in [-0.1, -0.05) is 35.3 Å². The van der Waals surface area contributed by atoms with Gasteiger partial charge in [-0.25, -0.2) is 9.82 Å². The van der Waals surface area contributed by atoms with Crippen molar-refractivity contribution in [3.8, 4) is 5.75 Å². The van der Waals surface area contributed by atoms with Crippen molar-refractivity contribution in [2.75, 3.05) is 6.54 Å². The maximum absolute atomic E-state index is 12.8. The Morgan fingerprint density at radius 1 is 1.22 bits per heavy atom. The smallest absolute Gasteiger partial charge is 0.261 e. The number of hydrogen-bond donors (Lipinski definition) is 2. The third kappa shape index (κ3) is 6.88. The van der Waals surface area contributed by atoms with Crippen LogP contribution in [-0.2, 0) is 9.59 Å². The number of halogens is 3. The van der Waals surface area contributed by atoms with Gasteiger partial charge in [0.1, 0.15) is 11.6 Å². The predicted octanol–water partition coefficient (Wildman–Crippen LogP) is 3.17. The number of nitrogens with zero attached hydrogens (tertiary/aromatic N) is 1. The molecule has 0 radical (unpaired) electrons. The predicted molar refractivity (Wildman–Crippen MR) is 102 cm³/mol. The van der Waals surface area contributed by atoms with Crippen molar-refractivity contribution in [3.63, 3.8) is 0 Å². The van der Waals surface area contributed by atoms with E-state index in [-0.39, 0.29) is 17.4 Å². The van der Waals surface area contributed by atoms with Gasteiger partial charge in [0, 0.05) is 5.02 Å². The second kappa shape index (κ2) is 9.89. The van der Waals surface area contributed by atoms with E-state index in [0.717, 1.165) is 0 Å². The van der Waals surface area contributed by atoms with E-state index in [0.29, 0.717) is 16.3 Å². The zero-order chi connectivity index (χ0) is 19.8. The van der Waals surface area contributed by atoms with E-state index in [9.17, 15) is 14.0 Å². The van der Waals surface area contributed by atoms with Crippen LogP contribution in [0.1, 0.15) is 12.5 Å². The number of amides is 2. The highest BCUT2D eigenvalue weighted by molar-refractivity contribution is 6.35. The lowest BCUT2D eigenvalue weighted by Crippen LogP contribution is -2.41. The lowest BCUT2D eigenvalue weighted by Gasteiger charge is -2.15. The molecule has 0 fully saturated rings. The van der Waals surface area contributed by atoms with Crippen molar-refractivity contribution in [1.82, 2.24) is 10.7 Å². The van der Waals surface area contributed by atoms with Crippen LogP contribution in [0.2, 0.25) is 10.0 Å². The summed E-state index contributed by atoms with van der Waals surface area (Å²) in [5, 5.41) is 6.86. The Balaban J connectivity index is 1.76. The number of hydrogen-bond acceptors (Lipinski definition) is 4. The molecule has 2 amide bonds. The minimum Gasteiger partial charge on any atom is -0.479 e. The first kappa shape index (κ1) is 20.7. The fourth-order valence-electron chi connectivity index (χ4n) is 1.89. The van der Waals surface area contributed by atoms with E-state index in [1.54, 1.807) is 12.1 Å². The molecule has 2 aromatic carbocycles. The van der Waals surface area contributed by atoms with Gasteiger partial charge in [0.15, 0.2) is 6.10 Å². The number of benzene rings is 2. The molecule has 27 heavy (non-hydrogen) atoms. The Morgan fingerprint density at radius 2 is 1.93 bits per heavy atom. The molecule has 2 N–H and O–H groups in total. The quantitative estimate of drug-likeness (QED) is 0.542. The number of carbonyl (C=O) groups excluding carboxylic acids is 2. The van der Waals surface area contributed by atoms with Crippen molar-refractivity contribution in [3.05, 3.63) is 63.9 Å². The number of carbonyl (C=O) groups is 2. The van der Waals surface area contributed by atoms with Gasteiger partial charge in [0.25, 0.3) is 11.8 Å². The molecule has 9 heteroatoms. The fraction of sp³-hybridized carbons (Fsp3) is 0.167. The van der Waals surface area contributed by atoms with Crippen molar-refractivity contribution in [1.29, 1.82) is 0 Å². The van der Waals surface area contributed by atoms with Gasteiger partial charge >= 0.3 is 0 Å². The Labute approximate surface area is 165 Å². The zero-order valence-electron chi connectivity index (χ0n) is 14.2. The van der Waals surface area contributed by atoms with Crippen LogP contribution in [0.5, 0.6) is 5.75 Å². The lowest BCUT2D eigenvalue weighted by molar-refractivity contribution is -0.130.